The topological polar surface area (TPSA) is 28.7 Å². The smallest absolute Gasteiger partial charge is 0.300 e. The lowest BCUT2D eigenvalue weighted by atomic mass is 10.2. The van der Waals surface area contributed by atoms with Gasteiger partial charge in [0.2, 0.25) is 0 Å². The van der Waals surface area contributed by atoms with Gasteiger partial charge in [-0.25, -0.2) is 4.39 Å². The van der Waals surface area contributed by atoms with Gasteiger partial charge in [0.05, 0.1) is 26.2 Å². The standard InChI is InChI=1S/C14H7Cl5F4N2S/c1-6-12(26(18,19)5-20)8(4-24)13(17)25(6)11-9(15)2-7(3-10(11)16)14(21,22)23/h2-3H,5H2,1H3. The quantitative estimate of drug-likeness (QED) is 0.402. The first-order valence-corrected chi connectivity index (χ1v) is 11.1. The van der Waals surface area contributed by atoms with Gasteiger partial charge >= 0.3 is 6.18 Å². The van der Waals surface area contributed by atoms with Crippen molar-refractivity contribution in [3.8, 4) is 11.8 Å². The molecule has 2 nitrogen and oxygen atoms in total. The van der Waals surface area contributed by atoms with Gasteiger partial charge in [0.15, 0.2) is 0 Å². The minimum atomic E-state index is -4.66. The molecule has 0 aliphatic carbocycles. The summed E-state index contributed by atoms with van der Waals surface area (Å²) in [4.78, 5) is -0.0390. The van der Waals surface area contributed by atoms with E-state index in [9.17, 15) is 22.8 Å². The normalized spacial score (nSPS) is 13.0. The Morgan fingerprint density at radius 3 is 2.04 bits per heavy atom. The van der Waals surface area contributed by atoms with Crippen LogP contribution in [-0.4, -0.2) is 10.6 Å². The molecule has 0 N–H and O–H groups in total. The molecule has 26 heavy (non-hydrogen) atoms. The van der Waals surface area contributed by atoms with E-state index in [0.717, 1.165) is 4.57 Å². The Morgan fingerprint density at radius 2 is 1.65 bits per heavy atom. The lowest BCUT2D eigenvalue weighted by Gasteiger charge is -2.22. The van der Waals surface area contributed by atoms with Gasteiger partial charge < -0.3 is 0 Å². The van der Waals surface area contributed by atoms with Crippen LogP contribution in [0.3, 0.4) is 0 Å². The number of alkyl halides is 4. The van der Waals surface area contributed by atoms with Crippen molar-refractivity contribution >= 4 is 64.6 Å². The SMILES string of the molecule is Cc1c(S(Cl)(Cl)CF)c(C#N)c(Cl)n1-c1c(Cl)cc(C(F)(F)F)cc1Cl. The Morgan fingerprint density at radius 1 is 1.15 bits per heavy atom. The second kappa shape index (κ2) is 7.50. The van der Waals surface area contributed by atoms with Crippen molar-refractivity contribution in [1.29, 1.82) is 5.26 Å². The minimum absolute atomic E-state index is 0.0390. The van der Waals surface area contributed by atoms with Gasteiger partial charge in [0.25, 0.3) is 0 Å². The molecule has 0 unspecified atom stereocenters. The van der Waals surface area contributed by atoms with Gasteiger partial charge in [-0.05, 0) is 48.9 Å². The molecular weight excluding hydrogens is 481 g/mol. The predicted molar refractivity (Wildman–Crippen MR) is 98.8 cm³/mol. The van der Waals surface area contributed by atoms with Gasteiger partial charge in [-0.3, -0.25) is 4.57 Å². The fourth-order valence-corrected chi connectivity index (χ4v) is 5.63. The monoisotopic (exact) mass is 486 g/mol. The summed E-state index contributed by atoms with van der Waals surface area (Å²) in [5, 5.41) is 8.36. The molecule has 1 aromatic carbocycles. The number of benzene rings is 1. The number of halogens is 9. The summed E-state index contributed by atoms with van der Waals surface area (Å²) in [5.74, 6) is 0. The van der Waals surface area contributed by atoms with E-state index in [1.165, 1.54) is 6.92 Å². The minimum Gasteiger partial charge on any atom is -0.300 e. The summed E-state index contributed by atoms with van der Waals surface area (Å²) >= 11 is 18.2. The van der Waals surface area contributed by atoms with Crippen LogP contribution in [0.2, 0.25) is 15.2 Å². The van der Waals surface area contributed by atoms with Crippen molar-refractivity contribution < 1.29 is 17.6 Å². The molecule has 0 radical (unpaired) electrons. The number of nitriles is 1. The van der Waals surface area contributed by atoms with Gasteiger partial charge in [-0.2, -0.15) is 18.4 Å². The predicted octanol–water partition coefficient (Wildman–Crippen LogP) is 8.03. The average molecular weight is 489 g/mol. The van der Waals surface area contributed by atoms with Crippen LogP contribution in [0, 0.1) is 18.3 Å². The van der Waals surface area contributed by atoms with Crippen LogP contribution in [-0.2, 0) is 6.18 Å². The Labute approximate surface area is 171 Å². The van der Waals surface area contributed by atoms with E-state index in [1.54, 1.807) is 6.07 Å². The van der Waals surface area contributed by atoms with E-state index >= 15 is 0 Å². The van der Waals surface area contributed by atoms with Crippen LogP contribution < -0.4 is 0 Å². The van der Waals surface area contributed by atoms with Crippen LogP contribution in [0.25, 0.3) is 5.69 Å². The highest BCUT2D eigenvalue weighted by Crippen LogP contribution is 2.68. The second-order valence-corrected chi connectivity index (χ2v) is 11.6. The molecule has 1 aromatic heterocycles. The summed E-state index contributed by atoms with van der Waals surface area (Å²) in [7, 11) is 8.96. The molecule has 0 bridgehead atoms. The molecule has 2 aromatic rings. The van der Waals surface area contributed by atoms with Crippen molar-refractivity contribution in [1.82, 2.24) is 4.57 Å². The highest BCUT2D eigenvalue weighted by Gasteiger charge is 2.35. The fourth-order valence-electron chi connectivity index (χ4n) is 2.36. The maximum Gasteiger partial charge on any atom is 0.416 e. The lowest BCUT2D eigenvalue weighted by molar-refractivity contribution is -0.137. The first kappa shape index (κ1) is 21.8. The number of hydrogen-bond donors (Lipinski definition) is 0. The average Bonchev–Trinajstić information content (AvgIpc) is 2.77. The van der Waals surface area contributed by atoms with E-state index < -0.39 is 26.2 Å². The molecule has 0 fully saturated rings. The fraction of sp³-hybridized carbons (Fsp3) is 0.214. The van der Waals surface area contributed by atoms with Crippen LogP contribution in [0.1, 0.15) is 16.8 Å². The number of rotatable bonds is 3. The highest BCUT2D eigenvalue weighted by atomic mass is 36.0. The van der Waals surface area contributed by atoms with Crippen molar-refractivity contribution in [3.05, 3.63) is 44.2 Å². The Bertz CT molecular complexity index is 895. The molecule has 2 rings (SSSR count). The van der Waals surface area contributed by atoms with Gasteiger partial charge in [0.1, 0.15) is 22.8 Å². The zero-order chi connectivity index (χ0) is 20.0. The molecule has 0 aliphatic heterocycles. The highest BCUT2D eigenvalue weighted by molar-refractivity contribution is 8.65. The Balaban J connectivity index is 2.86. The third-order valence-electron chi connectivity index (χ3n) is 3.41. The molecule has 0 amide bonds. The number of nitrogens with zero attached hydrogens (tertiary/aromatic N) is 2. The molecule has 1 heterocycles. The number of hydrogen-bond acceptors (Lipinski definition) is 1. The third-order valence-corrected chi connectivity index (χ3v) is 7.13. The van der Waals surface area contributed by atoms with E-state index in [1.807, 2.05) is 0 Å². The van der Waals surface area contributed by atoms with Crippen molar-refractivity contribution in [3.63, 3.8) is 0 Å². The summed E-state index contributed by atoms with van der Waals surface area (Å²) < 4.78 is 53.1. The lowest BCUT2D eigenvalue weighted by Crippen LogP contribution is -2.07. The second-order valence-electron chi connectivity index (χ2n) is 5.00. The van der Waals surface area contributed by atoms with Crippen molar-refractivity contribution in [2.45, 2.75) is 18.0 Å². The zero-order valence-corrected chi connectivity index (χ0v) is 17.2. The summed E-state index contributed by atoms with van der Waals surface area (Å²) in [5.41, 5.74) is -1.22. The molecule has 12 heteroatoms. The van der Waals surface area contributed by atoms with E-state index in [4.69, 9.17) is 56.2 Å². The zero-order valence-electron chi connectivity index (χ0n) is 12.6. The first-order valence-electron chi connectivity index (χ1n) is 6.50. The van der Waals surface area contributed by atoms with Crippen LogP contribution in [0.15, 0.2) is 17.0 Å². The molecular formula is C14H7Cl5F4N2S. The molecule has 0 saturated heterocycles. The largest absolute Gasteiger partial charge is 0.416 e. The molecule has 0 atom stereocenters. The van der Waals surface area contributed by atoms with E-state index in [2.05, 4.69) is 0 Å². The van der Waals surface area contributed by atoms with E-state index in [0.29, 0.717) is 12.1 Å². The maximum atomic E-state index is 13.3. The van der Waals surface area contributed by atoms with Crippen LogP contribution in [0.5, 0.6) is 0 Å². The van der Waals surface area contributed by atoms with Gasteiger partial charge in [-0.15, -0.1) is 0 Å². The number of aromatic nitrogens is 1. The molecule has 0 saturated carbocycles. The van der Waals surface area contributed by atoms with Gasteiger partial charge in [-0.1, -0.05) is 34.8 Å². The Hall–Kier alpha value is -0.490. The van der Waals surface area contributed by atoms with E-state index in [-0.39, 0.29) is 37.0 Å². The summed E-state index contributed by atoms with van der Waals surface area (Å²) in [6.45, 7) is 1.43. The third kappa shape index (κ3) is 3.73. The molecule has 0 spiro atoms. The van der Waals surface area contributed by atoms with Gasteiger partial charge in [0, 0.05) is 5.69 Å². The van der Waals surface area contributed by atoms with Crippen molar-refractivity contribution in [2.24, 2.45) is 0 Å². The summed E-state index contributed by atoms with van der Waals surface area (Å²) in [6, 6.07) is 1.96. The van der Waals surface area contributed by atoms with Crippen molar-refractivity contribution in [2.75, 3.05) is 6.01 Å². The first-order chi connectivity index (χ1) is 11.9. The van der Waals surface area contributed by atoms with Crippen LogP contribution in [0.4, 0.5) is 17.6 Å². The Kier molecular flexibility index (Phi) is 6.29. The maximum absolute atomic E-state index is 13.3. The molecule has 0 aliphatic rings. The summed E-state index contributed by atoms with van der Waals surface area (Å²) in [6.07, 6.45) is -4.66. The van der Waals surface area contributed by atoms with Crippen LogP contribution >= 0.6 is 64.6 Å². The molecule has 142 valence electrons.